The molecule has 0 aliphatic carbocycles. The largest absolute Gasteiger partial charge is 0.390 e. The van der Waals surface area contributed by atoms with Crippen LogP contribution in [0.15, 0.2) is 103 Å². The summed E-state index contributed by atoms with van der Waals surface area (Å²) in [5.41, 5.74) is 8.87. The maximum atomic E-state index is 5.78. The van der Waals surface area contributed by atoms with E-state index in [4.69, 9.17) is 18.0 Å². The summed E-state index contributed by atoms with van der Waals surface area (Å²) in [4.78, 5) is 0.377. The number of hydrogen-bond acceptors (Lipinski definition) is 1. The van der Waals surface area contributed by atoms with Gasteiger partial charge in [0.1, 0.15) is 0 Å². The van der Waals surface area contributed by atoms with E-state index in [1.54, 1.807) is 0 Å². The molecule has 0 radical (unpaired) electrons. The van der Waals surface area contributed by atoms with E-state index in [2.05, 4.69) is 78.9 Å². The van der Waals surface area contributed by atoms with Crippen LogP contribution in [0.3, 0.4) is 0 Å². The highest BCUT2D eigenvalue weighted by molar-refractivity contribution is 7.80. The molecule has 0 aliphatic rings. The van der Waals surface area contributed by atoms with Gasteiger partial charge in [0, 0.05) is 0 Å². The van der Waals surface area contributed by atoms with Gasteiger partial charge in [-0.25, -0.2) is 0 Å². The average molecular weight is 329 g/mol. The van der Waals surface area contributed by atoms with Crippen LogP contribution in [0.2, 0.25) is 0 Å². The molecule has 0 saturated heterocycles. The molecule has 1 nitrogen and oxygen atoms in total. The van der Waals surface area contributed by atoms with E-state index in [0.717, 1.165) is 0 Å². The van der Waals surface area contributed by atoms with Gasteiger partial charge in [0.15, 0.2) is 0 Å². The molecular formula is C22H19NS. The van der Waals surface area contributed by atoms with Crippen molar-refractivity contribution in [3.05, 3.63) is 120 Å². The molecule has 3 aromatic rings. The number of nitrogens with two attached hydrogens (primary N) is 1. The van der Waals surface area contributed by atoms with Gasteiger partial charge in [-0.1, -0.05) is 109 Å². The molecular weight excluding hydrogens is 310 g/mol. The van der Waals surface area contributed by atoms with Gasteiger partial charge in [-0.2, -0.15) is 0 Å². The molecule has 0 saturated carbocycles. The summed E-state index contributed by atoms with van der Waals surface area (Å²) in [6.45, 7) is 0. The Morgan fingerprint density at radius 3 is 1.29 bits per heavy atom. The quantitative estimate of drug-likeness (QED) is 0.411. The van der Waals surface area contributed by atoms with Crippen LogP contribution in [0.1, 0.15) is 16.7 Å². The molecule has 3 rings (SSSR count). The Hall–Kier alpha value is -2.71. The van der Waals surface area contributed by atoms with Gasteiger partial charge in [-0.3, -0.25) is 0 Å². The number of benzene rings is 3. The van der Waals surface area contributed by atoms with Crippen molar-refractivity contribution in [3.63, 3.8) is 0 Å². The van der Waals surface area contributed by atoms with Crippen molar-refractivity contribution < 1.29 is 0 Å². The summed E-state index contributed by atoms with van der Waals surface area (Å²) >= 11 is 5.10. The van der Waals surface area contributed by atoms with E-state index in [9.17, 15) is 0 Å². The van der Waals surface area contributed by atoms with Gasteiger partial charge in [-0.05, 0) is 22.8 Å². The molecule has 0 bridgehead atoms. The van der Waals surface area contributed by atoms with E-state index < -0.39 is 5.41 Å². The molecule has 24 heavy (non-hydrogen) atoms. The first-order chi connectivity index (χ1) is 11.7. The minimum absolute atomic E-state index is 0.377. The third-order valence-corrected chi connectivity index (χ3v) is 4.32. The van der Waals surface area contributed by atoms with Gasteiger partial charge in [-0.15, -0.1) is 0 Å². The van der Waals surface area contributed by atoms with Gasteiger partial charge >= 0.3 is 0 Å². The smallest absolute Gasteiger partial charge is 0.0959 e. The number of thiocarbonyl (C=S) groups is 1. The first-order valence-electron chi connectivity index (χ1n) is 7.89. The monoisotopic (exact) mass is 329 g/mol. The fraction of sp³-hybridized carbons (Fsp3) is 0.0455. The molecule has 0 atom stereocenters. The molecule has 0 heterocycles. The predicted octanol–water partition coefficient (Wildman–Crippen LogP) is 4.86. The highest BCUT2D eigenvalue weighted by Gasteiger charge is 2.33. The molecule has 2 N–H and O–H groups in total. The van der Waals surface area contributed by atoms with Gasteiger partial charge < -0.3 is 5.73 Å². The number of hydrogen-bond donors (Lipinski definition) is 1. The Bertz CT molecular complexity index is 727. The first-order valence-corrected chi connectivity index (χ1v) is 8.29. The van der Waals surface area contributed by atoms with E-state index in [1.165, 1.54) is 16.7 Å². The van der Waals surface area contributed by atoms with Gasteiger partial charge in [0.05, 0.1) is 10.4 Å². The van der Waals surface area contributed by atoms with Crippen molar-refractivity contribution in [1.29, 1.82) is 0 Å². The van der Waals surface area contributed by atoms with Crippen LogP contribution in [-0.2, 0) is 5.41 Å². The summed E-state index contributed by atoms with van der Waals surface area (Å²) < 4.78 is 0. The minimum atomic E-state index is -0.437. The SMILES string of the molecule is NC(=S)C=CC(c1ccccc1)(c1ccccc1)c1ccccc1. The van der Waals surface area contributed by atoms with E-state index in [0.29, 0.717) is 4.99 Å². The Morgan fingerprint density at radius 1 is 0.667 bits per heavy atom. The molecule has 0 aromatic heterocycles. The third-order valence-electron chi connectivity index (χ3n) is 4.18. The molecule has 0 spiro atoms. The van der Waals surface area contributed by atoms with E-state index >= 15 is 0 Å². The summed E-state index contributed by atoms with van der Waals surface area (Å²) in [5, 5.41) is 0. The Labute approximate surface area is 148 Å². The van der Waals surface area contributed by atoms with Gasteiger partial charge in [0.25, 0.3) is 0 Å². The van der Waals surface area contributed by atoms with Crippen molar-refractivity contribution in [2.24, 2.45) is 5.73 Å². The lowest BCUT2D eigenvalue weighted by Crippen LogP contribution is -2.27. The maximum absolute atomic E-state index is 5.78. The normalized spacial score (nSPS) is 11.5. The Morgan fingerprint density at radius 2 is 1.00 bits per heavy atom. The lowest BCUT2D eigenvalue weighted by Gasteiger charge is -2.33. The van der Waals surface area contributed by atoms with Crippen LogP contribution in [0.5, 0.6) is 0 Å². The van der Waals surface area contributed by atoms with Crippen LogP contribution in [0.25, 0.3) is 0 Å². The Kier molecular flexibility index (Phi) is 4.88. The highest BCUT2D eigenvalue weighted by atomic mass is 32.1. The zero-order valence-electron chi connectivity index (χ0n) is 13.3. The predicted molar refractivity (Wildman–Crippen MR) is 105 cm³/mol. The topological polar surface area (TPSA) is 26.0 Å². The zero-order valence-corrected chi connectivity index (χ0v) is 14.1. The van der Waals surface area contributed by atoms with Crippen molar-refractivity contribution in [2.75, 3.05) is 0 Å². The summed E-state index contributed by atoms with van der Waals surface area (Å²) in [6, 6.07) is 31.3. The number of allylic oxidation sites excluding steroid dienone is 1. The molecule has 0 unspecified atom stereocenters. The maximum Gasteiger partial charge on any atom is 0.0959 e. The summed E-state index contributed by atoms with van der Waals surface area (Å²) in [6.07, 6.45) is 3.93. The van der Waals surface area contributed by atoms with E-state index in [-0.39, 0.29) is 0 Å². The van der Waals surface area contributed by atoms with Gasteiger partial charge in [0.2, 0.25) is 0 Å². The molecule has 0 fully saturated rings. The second-order valence-electron chi connectivity index (χ2n) is 5.64. The Balaban J connectivity index is 2.35. The number of rotatable bonds is 5. The van der Waals surface area contributed by atoms with Crippen LogP contribution in [0, 0.1) is 0 Å². The lowest BCUT2D eigenvalue weighted by molar-refractivity contribution is 0.779. The second kappa shape index (κ2) is 7.24. The fourth-order valence-electron chi connectivity index (χ4n) is 3.10. The average Bonchev–Trinajstić information content (AvgIpc) is 2.65. The van der Waals surface area contributed by atoms with Crippen LogP contribution in [0.4, 0.5) is 0 Å². The van der Waals surface area contributed by atoms with Crippen molar-refractivity contribution in [3.8, 4) is 0 Å². The fourth-order valence-corrected chi connectivity index (χ4v) is 3.17. The highest BCUT2D eigenvalue weighted by Crippen LogP contribution is 2.40. The van der Waals surface area contributed by atoms with Crippen LogP contribution < -0.4 is 5.73 Å². The second-order valence-corrected chi connectivity index (χ2v) is 6.11. The third kappa shape index (κ3) is 3.15. The van der Waals surface area contributed by atoms with Crippen LogP contribution in [-0.4, -0.2) is 4.99 Å². The molecule has 0 aliphatic heterocycles. The van der Waals surface area contributed by atoms with Crippen LogP contribution >= 0.6 is 12.2 Å². The molecule has 2 heteroatoms. The van der Waals surface area contributed by atoms with Crippen molar-refractivity contribution in [1.82, 2.24) is 0 Å². The zero-order chi connectivity index (χ0) is 16.8. The first kappa shape index (κ1) is 16.2. The minimum Gasteiger partial charge on any atom is -0.390 e. The molecule has 118 valence electrons. The summed E-state index contributed by atoms with van der Waals surface area (Å²) in [7, 11) is 0. The lowest BCUT2D eigenvalue weighted by atomic mass is 9.69. The van der Waals surface area contributed by atoms with Crippen molar-refractivity contribution in [2.45, 2.75) is 5.41 Å². The molecule has 3 aromatic carbocycles. The standard InChI is InChI=1S/C22H19NS/c23-21(24)16-17-22(18-10-4-1-5-11-18,19-12-6-2-7-13-19)20-14-8-3-9-15-20/h1-17H,(H2,23,24). The molecule has 0 amide bonds. The van der Waals surface area contributed by atoms with E-state index in [1.807, 2.05) is 24.3 Å². The summed E-state index contributed by atoms with van der Waals surface area (Å²) in [5.74, 6) is 0. The van der Waals surface area contributed by atoms with Crippen molar-refractivity contribution >= 4 is 17.2 Å².